The average Bonchev–Trinajstić information content (AvgIpc) is 2.75. The van der Waals surface area contributed by atoms with Crippen LogP contribution in [0.5, 0.6) is 0 Å². The summed E-state index contributed by atoms with van der Waals surface area (Å²) in [5.41, 5.74) is 2.78. The summed E-state index contributed by atoms with van der Waals surface area (Å²) in [7, 11) is 0. The first-order valence-electron chi connectivity index (χ1n) is 12.2. The normalized spacial score (nSPS) is 22.4. The second kappa shape index (κ2) is 11.7. The van der Waals surface area contributed by atoms with Crippen LogP contribution in [0.4, 0.5) is 0 Å². The molecule has 2 saturated heterocycles. The highest BCUT2D eigenvalue weighted by Crippen LogP contribution is 2.21. The number of hydrogen-bond acceptors (Lipinski definition) is 3. The Hall–Kier alpha value is -1.59. The summed E-state index contributed by atoms with van der Waals surface area (Å²) in [5, 5.41) is 7.15. The van der Waals surface area contributed by atoms with Gasteiger partial charge >= 0.3 is 0 Å². The van der Waals surface area contributed by atoms with E-state index < -0.39 is 0 Å². The molecule has 1 aromatic rings. The van der Waals surface area contributed by atoms with Crippen LogP contribution >= 0.6 is 0 Å². The summed E-state index contributed by atoms with van der Waals surface area (Å²) >= 11 is 0. The molecule has 30 heavy (non-hydrogen) atoms. The number of benzene rings is 1. The predicted octanol–water partition coefficient (Wildman–Crippen LogP) is 3.99. The molecule has 0 amide bonds. The van der Waals surface area contributed by atoms with Gasteiger partial charge in [-0.2, -0.15) is 0 Å². The minimum absolute atomic E-state index is 0.516. The molecule has 5 heteroatoms. The highest BCUT2D eigenvalue weighted by molar-refractivity contribution is 5.80. The maximum atomic E-state index is 4.97. The molecular weight excluding hydrogens is 370 g/mol. The molecule has 2 heterocycles. The SMILES string of the molecule is CCNC(=NCc1ccccc1CN1CCCCC1C)NC1CCN(C(C)C)CC1. The van der Waals surface area contributed by atoms with Crippen molar-refractivity contribution >= 4 is 5.96 Å². The topological polar surface area (TPSA) is 42.9 Å². The van der Waals surface area contributed by atoms with E-state index in [0.29, 0.717) is 18.1 Å². The molecule has 3 rings (SSSR count). The first-order valence-corrected chi connectivity index (χ1v) is 12.2. The fourth-order valence-electron chi connectivity index (χ4n) is 4.72. The van der Waals surface area contributed by atoms with Gasteiger partial charge in [0.15, 0.2) is 5.96 Å². The molecule has 168 valence electrons. The molecule has 0 aliphatic carbocycles. The Morgan fingerprint density at radius 2 is 1.80 bits per heavy atom. The quantitative estimate of drug-likeness (QED) is 0.524. The summed E-state index contributed by atoms with van der Waals surface area (Å²) in [5.74, 6) is 0.960. The fraction of sp³-hybridized carbons (Fsp3) is 0.720. The molecule has 0 radical (unpaired) electrons. The molecule has 0 aromatic heterocycles. The zero-order chi connectivity index (χ0) is 21.3. The van der Waals surface area contributed by atoms with E-state index in [1.165, 1.54) is 62.9 Å². The third kappa shape index (κ3) is 6.71. The van der Waals surface area contributed by atoms with E-state index in [9.17, 15) is 0 Å². The molecule has 5 nitrogen and oxygen atoms in total. The maximum Gasteiger partial charge on any atom is 0.191 e. The molecule has 2 aliphatic heterocycles. The minimum atomic E-state index is 0.516. The van der Waals surface area contributed by atoms with Crippen LogP contribution in [-0.4, -0.2) is 60.1 Å². The van der Waals surface area contributed by atoms with E-state index in [1.54, 1.807) is 0 Å². The molecule has 2 aliphatic rings. The number of guanidine groups is 1. The van der Waals surface area contributed by atoms with Gasteiger partial charge in [0.05, 0.1) is 6.54 Å². The van der Waals surface area contributed by atoms with Gasteiger partial charge in [-0.1, -0.05) is 30.7 Å². The molecule has 1 aromatic carbocycles. The lowest BCUT2D eigenvalue weighted by molar-refractivity contribution is 0.152. The van der Waals surface area contributed by atoms with Crippen LogP contribution in [0.2, 0.25) is 0 Å². The van der Waals surface area contributed by atoms with Gasteiger partial charge in [0.2, 0.25) is 0 Å². The molecule has 1 unspecified atom stereocenters. The van der Waals surface area contributed by atoms with Crippen LogP contribution in [0.15, 0.2) is 29.3 Å². The Kier molecular flexibility index (Phi) is 9.01. The maximum absolute atomic E-state index is 4.97. The van der Waals surface area contributed by atoms with Crippen LogP contribution < -0.4 is 10.6 Å². The number of hydrogen-bond donors (Lipinski definition) is 2. The second-order valence-corrected chi connectivity index (χ2v) is 9.33. The van der Waals surface area contributed by atoms with Gasteiger partial charge < -0.3 is 15.5 Å². The lowest BCUT2D eigenvalue weighted by Gasteiger charge is -2.35. The smallest absolute Gasteiger partial charge is 0.191 e. The molecule has 2 fully saturated rings. The zero-order valence-corrected chi connectivity index (χ0v) is 19.7. The van der Waals surface area contributed by atoms with Gasteiger partial charge in [-0.3, -0.25) is 4.90 Å². The van der Waals surface area contributed by atoms with Gasteiger partial charge in [-0.15, -0.1) is 0 Å². The summed E-state index contributed by atoms with van der Waals surface area (Å²) in [6.45, 7) is 15.3. The highest BCUT2D eigenvalue weighted by Gasteiger charge is 2.22. The minimum Gasteiger partial charge on any atom is -0.357 e. The lowest BCUT2D eigenvalue weighted by Crippen LogP contribution is -2.49. The summed E-state index contributed by atoms with van der Waals surface area (Å²) < 4.78 is 0. The van der Waals surface area contributed by atoms with Crippen LogP contribution in [0.1, 0.15) is 70.9 Å². The van der Waals surface area contributed by atoms with Gasteiger partial charge in [0.25, 0.3) is 0 Å². The predicted molar refractivity (Wildman–Crippen MR) is 128 cm³/mol. The molecular formula is C25H43N5. The third-order valence-electron chi connectivity index (χ3n) is 6.78. The van der Waals surface area contributed by atoms with Crippen LogP contribution in [0, 0.1) is 0 Å². The van der Waals surface area contributed by atoms with E-state index in [2.05, 4.69) is 72.4 Å². The Bertz CT molecular complexity index is 663. The van der Waals surface area contributed by atoms with Gasteiger partial charge in [0, 0.05) is 44.3 Å². The van der Waals surface area contributed by atoms with Crippen molar-refractivity contribution in [2.45, 2.75) is 91.0 Å². The van der Waals surface area contributed by atoms with Crippen molar-refractivity contribution in [2.24, 2.45) is 4.99 Å². The van der Waals surface area contributed by atoms with E-state index in [-0.39, 0.29) is 0 Å². The van der Waals surface area contributed by atoms with Gasteiger partial charge in [-0.25, -0.2) is 4.99 Å². The lowest BCUT2D eigenvalue weighted by atomic mass is 10.0. The summed E-state index contributed by atoms with van der Waals surface area (Å²) in [6, 6.07) is 10.7. The van der Waals surface area contributed by atoms with Gasteiger partial charge in [-0.05, 0) is 71.0 Å². The Labute approximate surface area is 184 Å². The van der Waals surface area contributed by atoms with E-state index in [0.717, 1.165) is 25.6 Å². The van der Waals surface area contributed by atoms with Crippen molar-refractivity contribution in [3.63, 3.8) is 0 Å². The van der Waals surface area contributed by atoms with Crippen molar-refractivity contribution in [1.29, 1.82) is 0 Å². The summed E-state index contributed by atoms with van der Waals surface area (Å²) in [4.78, 5) is 10.2. The van der Waals surface area contributed by atoms with Crippen molar-refractivity contribution in [1.82, 2.24) is 20.4 Å². The van der Waals surface area contributed by atoms with Crippen LogP contribution in [-0.2, 0) is 13.1 Å². The number of nitrogens with zero attached hydrogens (tertiary/aromatic N) is 3. The monoisotopic (exact) mass is 413 g/mol. The number of piperidine rings is 2. The standard InChI is InChI=1S/C25H43N5/c1-5-26-25(28-24-13-16-29(17-14-24)20(2)3)27-18-22-11-6-7-12-23(22)19-30-15-9-8-10-21(30)4/h6-7,11-12,20-21,24H,5,8-10,13-19H2,1-4H3,(H2,26,27,28). The van der Waals surface area contributed by atoms with Crippen LogP contribution in [0.25, 0.3) is 0 Å². The molecule has 0 spiro atoms. The number of aliphatic imine (C=N–C) groups is 1. The fourth-order valence-corrected chi connectivity index (χ4v) is 4.72. The molecule has 1 atom stereocenters. The Balaban J connectivity index is 1.60. The Morgan fingerprint density at radius 1 is 1.07 bits per heavy atom. The first kappa shape index (κ1) is 23.1. The van der Waals surface area contributed by atoms with Crippen molar-refractivity contribution in [2.75, 3.05) is 26.2 Å². The molecule has 0 bridgehead atoms. The third-order valence-corrected chi connectivity index (χ3v) is 6.78. The van der Waals surface area contributed by atoms with E-state index >= 15 is 0 Å². The largest absolute Gasteiger partial charge is 0.357 e. The van der Waals surface area contributed by atoms with E-state index in [4.69, 9.17) is 4.99 Å². The van der Waals surface area contributed by atoms with E-state index in [1.807, 2.05) is 0 Å². The second-order valence-electron chi connectivity index (χ2n) is 9.33. The zero-order valence-electron chi connectivity index (χ0n) is 19.7. The highest BCUT2D eigenvalue weighted by atomic mass is 15.2. The summed E-state index contributed by atoms with van der Waals surface area (Å²) in [6.07, 6.45) is 6.40. The number of likely N-dealkylation sites (tertiary alicyclic amines) is 2. The van der Waals surface area contributed by atoms with Crippen LogP contribution in [0.3, 0.4) is 0 Å². The van der Waals surface area contributed by atoms with Crippen molar-refractivity contribution in [3.05, 3.63) is 35.4 Å². The van der Waals surface area contributed by atoms with Crippen molar-refractivity contribution in [3.8, 4) is 0 Å². The molecule has 2 N–H and O–H groups in total. The average molecular weight is 414 g/mol. The molecule has 0 saturated carbocycles. The first-order chi connectivity index (χ1) is 14.6. The Morgan fingerprint density at radius 3 is 2.47 bits per heavy atom. The number of nitrogens with one attached hydrogen (secondary N) is 2. The number of rotatable bonds is 7. The van der Waals surface area contributed by atoms with Gasteiger partial charge in [0.1, 0.15) is 0 Å². The van der Waals surface area contributed by atoms with Crippen molar-refractivity contribution < 1.29 is 0 Å².